The van der Waals surface area contributed by atoms with Crippen LogP contribution in [0.25, 0.3) is 0 Å². The first-order valence-corrected chi connectivity index (χ1v) is 5.56. The number of hydrogen-bond acceptors (Lipinski definition) is 5. The van der Waals surface area contributed by atoms with Crippen LogP contribution in [-0.4, -0.2) is 45.3 Å². The van der Waals surface area contributed by atoms with Gasteiger partial charge in [0.05, 0.1) is 25.0 Å². The van der Waals surface area contributed by atoms with E-state index < -0.39 is 5.97 Å². The fraction of sp³-hybridized carbons (Fsp3) is 0.545. The maximum atomic E-state index is 10.6. The molecule has 1 saturated heterocycles. The second-order valence-electron chi connectivity index (χ2n) is 4.27. The number of anilines is 1. The largest absolute Gasteiger partial charge is 0.476 e. The van der Waals surface area contributed by atoms with Crippen molar-refractivity contribution in [3.8, 4) is 0 Å². The first-order chi connectivity index (χ1) is 8.13. The van der Waals surface area contributed by atoms with Gasteiger partial charge < -0.3 is 15.1 Å². The quantitative estimate of drug-likeness (QED) is 0.790. The molecule has 2 heterocycles. The van der Waals surface area contributed by atoms with Crippen LogP contribution < -0.4 is 4.90 Å². The van der Waals surface area contributed by atoms with Crippen LogP contribution in [0.3, 0.4) is 0 Å². The lowest BCUT2D eigenvalue weighted by molar-refractivity contribution is 0.0690. The van der Waals surface area contributed by atoms with E-state index in [4.69, 9.17) is 5.11 Å². The number of aromatic carboxylic acids is 1. The van der Waals surface area contributed by atoms with Gasteiger partial charge >= 0.3 is 5.97 Å². The van der Waals surface area contributed by atoms with Gasteiger partial charge in [0.1, 0.15) is 5.82 Å². The molecule has 0 spiro atoms. The van der Waals surface area contributed by atoms with Crippen LogP contribution in [0.1, 0.15) is 23.8 Å². The van der Waals surface area contributed by atoms with E-state index in [0.717, 1.165) is 13.0 Å². The smallest absolute Gasteiger partial charge is 0.356 e. The molecule has 0 amide bonds. The lowest BCUT2D eigenvalue weighted by Crippen LogP contribution is -2.35. The van der Waals surface area contributed by atoms with Crippen LogP contribution in [-0.2, 0) is 0 Å². The van der Waals surface area contributed by atoms with Crippen LogP contribution in [0, 0.1) is 5.92 Å². The number of nitrogens with zero attached hydrogens (tertiary/aromatic N) is 3. The topological polar surface area (TPSA) is 86.6 Å². The van der Waals surface area contributed by atoms with E-state index >= 15 is 0 Å². The average Bonchev–Trinajstić information content (AvgIpc) is 2.70. The van der Waals surface area contributed by atoms with Crippen molar-refractivity contribution >= 4 is 11.8 Å². The third-order valence-corrected chi connectivity index (χ3v) is 3.22. The van der Waals surface area contributed by atoms with E-state index in [1.54, 1.807) is 0 Å². The highest BCUT2D eigenvalue weighted by atomic mass is 16.4. The molecule has 2 unspecified atom stereocenters. The lowest BCUT2D eigenvalue weighted by Gasteiger charge is -2.25. The van der Waals surface area contributed by atoms with Crippen molar-refractivity contribution < 1.29 is 15.0 Å². The summed E-state index contributed by atoms with van der Waals surface area (Å²) in [4.78, 5) is 20.5. The molecule has 17 heavy (non-hydrogen) atoms. The van der Waals surface area contributed by atoms with Gasteiger partial charge in [-0.1, -0.05) is 6.92 Å². The minimum absolute atomic E-state index is 0.0416. The number of aliphatic hydroxyl groups excluding tert-OH is 1. The third-order valence-electron chi connectivity index (χ3n) is 3.22. The Balaban J connectivity index is 2.20. The number of rotatable bonds is 3. The molecule has 1 aliphatic rings. The monoisotopic (exact) mass is 237 g/mol. The van der Waals surface area contributed by atoms with E-state index in [1.165, 1.54) is 12.4 Å². The SMILES string of the molecule is CC1CCN(c2cnc(C(=O)O)cn2)C1CO. The molecule has 6 heteroatoms. The van der Waals surface area contributed by atoms with E-state index in [9.17, 15) is 9.90 Å². The molecule has 2 N–H and O–H groups in total. The van der Waals surface area contributed by atoms with Gasteiger partial charge in [0, 0.05) is 6.54 Å². The maximum absolute atomic E-state index is 10.6. The van der Waals surface area contributed by atoms with Crippen molar-refractivity contribution in [3.63, 3.8) is 0 Å². The normalized spacial score (nSPS) is 24.0. The second kappa shape index (κ2) is 4.67. The Morgan fingerprint density at radius 3 is 2.82 bits per heavy atom. The number of aromatic nitrogens is 2. The fourth-order valence-electron chi connectivity index (χ4n) is 2.15. The van der Waals surface area contributed by atoms with Crippen molar-refractivity contribution in [1.29, 1.82) is 0 Å². The van der Waals surface area contributed by atoms with Crippen molar-refractivity contribution in [2.75, 3.05) is 18.1 Å². The third kappa shape index (κ3) is 2.21. The molecule has 1 fully saturated rings. The molecule has 0 saturated carbocycles. The van der Waals surface area contributed by atoms with Crippen LogP contribution >= 0.6 is 0 Å². The zero-order valence-corrected chi connectivity index (χ0v) is 9.58. The van der Waals surface area contributed by atoms with E-state index in [0.29, 0.717) is 11.7 Å². The molecule has 2 atom stereocenters. The summed E-state index contributed by atoms with van der Waals surface area (Å²) in [6, 6.07) is 0.0416. The zero-order chi connectivity index (χ0) is 12.4. The highest BCUT2D eigenvalue weighted by Gasteiger charge is 2.31. The number of hydrogen-bond donors (Lipinski definition) is 2. The highest BCUT2D eigenvalue weighted by Crippen LogP contribution is 2.27. The van der Waals surface area contributed by atoms with E-state index in [-0.39, 0.29) is 18.3 Å². The molecular formula is C11H15N3O3. The van der Waals surface area contributed by atoms with Crippen molar-refractivity contribution in [1.82, 2.24) is 9.97 Å². The summed E-state index contributed by atoms with van der Waals surface area (Å²) in [5.41, 5.74) is -0.0680. The number of carbonyl (C=O) groups is 1. The standard InChI is InChI=1S/C11H15N3O3/c1-7-2-3-14(9(7)6-15)10-5-12-8(4-13-10)11(16)17/h4-5,7,9,15H,2-3,6H2,1H3,(H,16,17). The molecule has 0 radical (unpaired) electrons. The molecule has 92 valence electrons. The first kappa shape index (κ1) is 11.8. The molecule has 6 nitrogen and oxygen atoms in total. The molecule has 1 aromatic heterocycles. The Morgan fingerprint density at radius 1 is 1.53 bits per heavy atom. The van der Waals surface area contributed by atoms with Gasteiger partial charge in [-0.3, -0.25) is 0 Å². The van der Waals surface area contributed by atoms with Gasteiger partial charge in [0.2, 0.25) is 0 Å². The molecule has 2 rings (SSSR count). The van der Waals surface area contributed by atoms with Gasteiger partial charge in [0.25, 0.3) is 0 Å². The Hall–Kier alpha value is -1.69. The summed E-state index contributed by atoms with van der Waals surface area (Å²) in [7, 11) is 0. The van der Waals surface area contributed by atoms with Crippen molar-refractivity contribution in [3.05, 3.63) is 18.1 Å². The summed E-state index contributed by atoms with van der Waals surface area (Å²) in [5.74, 6) is -0.0584. The van der Waals surface area contributed by atoms with Crippen LogP contribution in [0.15, 0.2) is 12.4 Å². The average molecular weight is 237 g/mol. The molecule has 1 aliphatic heterocycles. The zero-order valence-electron chi connectivity index (χ0n) is 9.58. The summed E-state index contributed by atoms with van der Waals surface area (Å²) in [6.45, 7) is 2.97. The summed E-state index contributed by atoms with van der Waals surface area (Å²) in [5, 5.41) is 18.1. The Bertz CT molecular complexity index is 407. The van der Waals surface area contributed by atoms with Gasteiger partial charge in [-0.15, -0.1) is 0 Å². The highest BCUT2D eigenvalue weighted by molar-refractivity contribution is 5.84. The van der Waals surface area contributed by atoms with Gasteiger partial charge in [-0.05, 0) is 12.3 Å². The Kier molecular flexibility index (Phi) is 3.23. The first-order valence-electron chi connectivity index (χ1n) is 5.56. The Labute approximate surface area is 98.9 Å². The van der Waals surface area contributed by atoms with Crippen LogP contribution in [0.4, 0.5) is 5.82 Å². The van der Waals surface area contributed by atoms with Gasteiger partial charge in [0.15, 0.2) is 5.69 Å². The van der Waals surface area contributed by atoms with Crippen LogP contribution in [0.5, 0.6) is 0 Å². The van der Waals surface area contributed by atoms with Crippen molar-refractivity contribution in [2.24, 2.45) is 5.92 Å². The maximum Gasteiger partial charge on any atom is 0.356 e. The van der Waals surface area contributed by atoms with Crippen molar-refractivity contribution in [2.45, 2.75) is 19.4 Å². The summed E-state index contributed by atoms with van der Waals surface area (Å²) < 4.78 is 0. The van der Waals surface area contributed by atoms with Gasteiger partial charge in [-0.25, -0.2) is 14.8 Å². The molecule has 0 bridgehead atoms. The molecule has 0 aromatic carbocycles. The van der Waals surface area contributed by atoms with E-state index in [1.807, 2.05) is 4.90 Å². The molecular weight excluding hydrogens is 222 g/mol. The van der Waals surface area contributed by atoms with Crippen LogP contribution in [0.2, 0.25) is 0 Å². The minimum atomic E-state index is -1.09. The molecule has 1 aromatic rings. The lowest BCUT2D eigenvalue weighted by atomic mass is 10.0. The van der Waals surface area contributed by atoms with Gasteiger partial charge in [-0.2, -0.15) is 0 Å². The number of carboxylic acids is 1. The minimum Gasteiger partial charge on any atom is -0.476 e. The summed E-state index contributed by atoms with van der Waals surface area (Å²) >= 11 is 0. The number of carboxylic acid groups (broad SMARTS) is 1. The Morgan fingerprint density at radius 2 is 2.29 bits per heavy atom. The predicted octanol–water partition coefficient (Wildman–Crippen LogP) is 0.382. The second-order valence-corrected chi connectivity index (χ2v) is 4.27. The fourth-order valence-corrected chi connectivity index (χ4v) is 2.15. The predicted molar refractivity (Wildman–Crippen MR) is 61.0 cm³/mol. The van der Waals surface area contributed by atoms with E-state index in [2.05, 4.69) is 16.9 Å². The molecule has 0 aliphatic carbocycles. The number of aliphatic hydroxyl groups is 1. The summed E-state index contributed by atoms with van der Waals surface area (Å²) in [6.07, 6.45) is 3.69.